The maximum Gasteiger partial charge on any atom is 0.335 e. The Labute approximate surface area is 148 Å². The van der Waals surface area contributed by atoms with Crippen LogP contribution in [0.3, 0.4) is 0 Å². The molecule has 132 valence electrons. The topological polar surface area (TPSA) is 82.2 Å². The van der Waals surface area contributed by atoms with E-state index in [4.69, 9.17) is 5.11 Å². The number of carbonyl (C=O) groups excluding carboxylic acids is 1. The molecule has 3 aromatic rings. The number of fused-ring (bicyclic) bond motifs is 3. The lowest BCUT2D eigenvalue weighted by Crippen LogP contribution is -2.13. The number of aromatic nitrogens is 1. The minimum atomic E-state index is -1.18. The molecule has 1 aliphatic carbocycles. The first-order valence-corrected chi connectivity index (χ1v) is 8.50. The number of amides is 1. The van der Waals surface area contributed by atoms with Crippen LogP contribution in [0, 0.1) is 5.82 Å². The van der Waals surface area contributed by atoms with Gasteiger partial charge in [-0.3, -0.25) is 4.79 Å². The molecule has 0 spiro atoms. The lowest BCUT2D eigenvalue weighted by molar-refractivity contribution is 0.0696. The van der Waals surface area contributed by atoms with Gasteiger partial charge in [0.1, 0.15) is 5.82 Å². The third-order valence-electron chi connectivity index (χ3n) is 4.82. The van der Waals surface area contributed by atoms with Crippen molar-refractivity contribution in [3.8, 4) is 0 Å². The van der Waals surface area contributed by atoms with E-state index in [-0.39, 0.29) is 11.3 Å². The van der Waals surface area contributed by atoms with Crippen LogP contribution in [-0.4, -0.2) is 22.0 Å². The molecule has 26 heavy (non-hydrogen) atoms. The number of H-pyrrole nitrogens is 1. The lowest BCUT2D eigenvalue weighted by atomic mass is 9.95. The molecule has 0 bridgehead atoms. The molecule has 1 aliphatic rings. The van der Waals surface area contributed by atoms with E-state index in [1.54, 1.807) is 6.07 Å². The van der Waals surface area contributed by atoms with Crippen molar-refractivity contribution in [3.63, 3.8) is 0 Å². The van der Waals surface area contributed by atoms with Crippen LogP contribution >= 0.6 is 0 Å². The number of nitrogens with one attached hydrogen (secondary N) is 2. The quantitative estimate of drug-likeness (QED) is 0.663. The highest BCUT2D eigenvalue weighted by Gasteiger charge is 2.18. The normalized spacial score (nSPS) is 13.4. The standard InChI is InChI=1S/C20H17FN2O3/c21-15-7-5-12(20(25)26)10-18(15)23-19(24)11-6-8-17-14(9-11)13-3-1-2-4-16(13)22-17/h5-10,22H,1-4H2,(H,23,24)(H,25,26). The number of halogens is 1. The van der Waals surface area contributed by atoms with Crippen LogP contribution in [0.15, 0.2) is 36.4 Å². The molecule has 2 aromatic carbocycles. The van der Waals surface area contributed by atoms with Gasteiger partial charge in [-0.25, -0.2) is 9.18 Å². The average Bonchev–Trinajstić information content (AvgIpc) is 3.01. The van der Waals surface area contributed by atoms with Crippen LogP contribution < -0.4 is 5.32 Å². The van der Waals surface area contributed by atoms with Crippen molar-refractivity contribution in [2.45, 2.75) is 25.7 Å². The Kier molecular flexibility index (Phi) is 3.95. The van der Waals surface area contributed by atoms with Gasteiger partial charge in [-0.05, 0) is 67.6 Å². The minimum Gasteiger partial charge on any atom is -0.478 e. The number of aromatic amines is 1. The van der Waals surface area contributed by atoms with Crippen molar-refractivity contribution in [1.82, 2.24) is 4.98 Å². The molecule has 5 nitrogen and oxygen atoms in total. The highest BCUT2D eigenvalue weighted by molar-refractivity contribution is 6.07. The molecular weight excluding hydrogens is 335 g/mol. The number of carboxylic acid groups (broad SMARTS) is 1. The first-order valence-electron chi connectivity index (χ1n) is 8.50. The molecule has 6 heteroatoms. The zero-order valence-corrected chi connectivity index (χ0v) is 13.9. The van der Waals surface area contributed by atoms with Crippen LogP contribution in [0.25, 0.3) is 10.9 Å². The molecule has 0 fully saturated rings. The van der Waals surface area contributed by atoms with Gasteiger partial charge in [-0.15, -0.1) is 0 Å². The summed E-state index contributed by atoms with van der Waals surface area (Å²) in [5.41, 5.74) is 3.64. The van der Waals surface area contributed by atoms with E-state index >= 15 is 0 Å². The Morgan fingerprint density at radius 3 is 2.62 bits per heavy atom. The average molecular weight is 352 g/mol. The largest absolute Gasteiger partial charge is 0.478 e. The molecule has 0 unspecified atom stereocenters. The fourth-order valence-electron chi connectivity index (χ4n) is 3.50. The molecule has 0 saturated carbocycles. The van der Waals surface area contributed by atoms with Crippen molar-refractivity contribution < 1.29 is 19.1 Å². The van der Waals surface area contributed by atoms with Gasteiger partial charge in [0.2, 0.25) is 0 Å². The second-order valence-electron chi connectivity index (χ2n) is 6.50. The second kappa shape index (κ2) is 6.29. The summed E-state index contributed by atoms with van der Waals surface area (Å²) in [7, 11) is 0. The number of aromatic carboxylic acids is 1. The number of aryl methyl sites for hydroxylation is 2. The summed E-state index contributed by atoms with van der Waals surface area (Å²) >= 11 is 0. The van der Waals surface area contributed by atoms with Crippen LogP contribution in [0.4, 0.5) is 10.1 Å². The first-order chi connectivity index (χ1) is 12.5. The summed E-state index contributed by atoms with van der Waals surface area (Å²) < 4.78 is 13.9. The Hall–Kier alpha value is -3.15. The molecule has 0 aliphatic heterocycles. The molecule has 3 N–H and O–H groups in total. The Bertz CT molecular complexity index is 1040. The third kappa shape index (κ3) is 2.83. The number of rotatable bonds is 3. The Morgan fingerprint density at radius 2 is 1.81 bits per heavy atom. The predicted molar refractivity (Wildman–Crippen MR) is 96.3 cm³/mol. The number of carbonyl (C=O) groups is 2. The number of hydrogen-bond donors (Lipinski definition) is 3. The van der Waals surface area contributed by atoms with Gasteiger partial charge in [0, 0.05) is 22.2 Å². The predicted octanol–water partition coefficient (Wildman–Crippen LogP) is 4.14. The zero-order chi connectivity index (χ0) is 18.3. The van der Waals surface area contributed by atoms with E-state index in [0.29, 0.717) is 5.56 Å². The van der Waals surface area contributed by atoms with Crippen LogP contribution in [0.5, 0.6) is 0 Å². The van der Waals surface area contributed by atoms with E-state index in [1.165, 1.54) is 11.3 Å². The summed E-state index contributed by atoms with van der Waals surface area (Å²) in [6.07, 6.45) is 4.28. The van der Waals surface area contributed by atoms with E-state index in [0.717, 1.165) is 54.8 Å². The molecule has 4 rings (SSSR count). The van der Waals surface area contributed by atoms with E-state index in [1.807, 2.05) is 12.1 Å². The lowest BCUT2D eigenvalue weighted by Gasteiger charge is -2.11. The van der Waals surface area contributed by atoms with Crippen molar-refractivity contribution in [3.05, 3.63) is 64.6 Å². The fourth-order valence-corrected chi connectivity index (χ4v) is 3.50. The summed E-state index contributed by atoms with van der Waals surface area (Å²) in [6, 6.07) is 8.65. The van der Waals surface area contributed by atoms with Gasteiger partial charge in [-0.2, -0.15) is 0 Å². The number of carboxylic acids is 1. The smallest absolute Gasteiger partial charge is 0.335 e. The van der Waals surface area contributed by atoms with Crippen LogP contribution in [0.1, 0.15) is 44.8 Å². The highest BCUT2D eigenvalue weighted by Crippen LogP contribution is 2.30. The molecule has 1 heterocycles. The maximum absolute atomic E-state index is 13.9. The van der Waals surface area contributed by atoms with Crippen molar-refractivity contribution in [2.75, 3.05) is 5.32 Å². The van der Waals surface area contributed by atoms with E-state index in [2.05, 4.69) is 10.3 Å². The fraction of sp³-hybridized carbons (Fsp3) is 0.200. The van der Waals surface area contributed by atoms with Gasteiger partial charge >= 0.3 is 5.97 Å². The van der Waals surface area contributed by atoms with Crippen molar-refractivity contribution in [1.29, 1.82) is 0 Å². The minimum absolute atomic E-state index is 0.0862. The summed E-state index contributed by atoms with van der Waals surface area (Å²) in [6.45, 7) is 0. The molecule has 1 amide bonds. The van der Waals surface area contributed by atoms with Crippen LogP contribution in [0.2, 0.25) is 0 Å². The summed E-state index contributed by atoms with van der Waals surface area (Å²) in [4.78, 5) is 27.0. The Balaban J connectivity index is 1.66. The Morgan fingerprint density at radius 1 is 1.04 bits per heavy atom. The van der Waals surface area contributed by atoms with Crippen molar-refractivity contribution >= 4 is 28.5 Å². The molecule has 0 radical (unpaired) electrons. The van der Waals surface area contributed by atoms with E-state index < -0.39 is 17.7 Å². The molecule has 0 atom stereocenters. The maximum atomic E-state index is 13.9. The number of hydrogen-bond acceptors (Lipinski definition) is 2. The van der Waals surface area contributed by atoms with E-state index in [9.17, 15) is 14.0 Å². The summed E-state index contributed by atoms with van der Waals surface area (Å²) in [5, 5.41) is 12.5. The van der Waals surface area contributed by atoms with Crippen molar-refractivity contribution in [2.24, 2.45) is 0 Å². The highest BCUT2D eigenvalue weighted by atomic mass is 19.1. The second-order valence-corrected chi connectivity index (χ2v) is 6.50. The molecule has 0 saturated heterocycles. The third-order valence-corrected chi connectivity index (χ3v) is 4.82. The molecular formula is C20H17FN2O3. The van der Waals surface area contributed by atoms with Crippen LogP contribution in [-0.2, 0) is 12.8 Å². The van der Waals surface area contributed by atoms with Gasteiger partial charge in [-0.1, -0.05) is 0 Å². The first kappa shape index (κ1) is 16.3. The SMILES string of the molecule is O=C(O)c1ccc(F)c(NC(=O)c2ccc3[nH]c4c(c3c2)CCCC4)c1. The monoisotopic (exact) mass is 352 g/mol. The number of benzene rings is 2. The summed E-state index contributed by atoms with van der Waals surface area (Å²) in [5.74, 6) is -2.33. The zero-order valence-electron chi connectivity index (χ0n) is 13.9. The van der Waals surface area contributed by atoms with Gasteiger partial charge in [0.25, 0.3) is 5.91 Å². The molecule has 1 aromatic heterocycles. The van der Waals surface area contributed by atoms with Gasteiger partial charge in [0.05, 0.1) is 11.3 Å². The number of anilines is 1. The van der Waals surface area contributed by atoms with Gasteiger partial charge < -0.3 is 15.4 Å². The van der Waals surface area contributed by atoms with Gasteiger partial charge in [0.15, 0.2) is 0 Å².